The third-order valence-corrected chi connectivity index (χ3v) is 15.8. The van der Waals surface area contributed by atoms with Crippen molar-refractivity contribution in [2.75, 3.05) is 9.80 Å². The number of hydrogen-bond acceptors (Lipinski definition) is 3. The Morgan fingerprint density at radius 3 is 1.00 bits per heavy atom. The van der Waals surface area contributed by atoms with Gasteiger partial charge in [0.1, 0.15) is 5.58 Å². The Morgan fingerprint density at radius 1 is 0.244 bits per heavy atom. The first-order valence-corrected chi connectivity index (χ1v) is 26.8. The number of benzene rings is 13. The molecular weight excluding hydrogens is 945 g/mol. The van der Waals surface area contributed by atoms with Gasteiger partial charge in [0.05, 0.1) is 5.69 Å². The first kappa shape index (κ1) is 45.2. The molecule has 78 heavy (non-hydrogen) atoms. The minimum atomic E-state index is 0.866. The zero-order valence-electron chi connectivity index (χ0n) is 42.9. The topological polar surface area (TPSA) is 19.6 Å². The van der Waals surface area contributed by atoms with E-state index in [1.165, 1.54) is 82.7 Å². The number of anilines is 6. The fourth-order valence-corrected chi connectivity index (χ4v) is 12.5. The van der Waals surface area contributed by atoms with Crippen molar-refractivity contribution in [1.29, 1.82) is 0 Å². The highest BCUT2D eigenvalue weighted by Gasteiger charge is 2.39. The molecule has 14 aromatic rings. The lowest BCUT2D eigenvalue weighted by Crippen LogP contribution is -2.13. The van der Waals surface area contributed by atoms with Crippen LogP contribution in [-0.2, 0) is 0 Å². The van der Waals surface area contributed by atoms with Crippen molar-refractivity contribution in [3.8, 4) is 66.8 Å². The van der Waals surface area contributed by atoms with E-state index in [0.717, 1.165) is 67.2 Å². The number of fused-ring (bicyclic) bond motifs is 9. The molecule has 366 valence electrons. The fourth-order valence-electron chi connectivity index (χ4n) is 12.5. The Labute approximate surface area is 453 Å². The highest BCUT2D eigenvalue weighted by Crippen LogP contribution is 2.66. The molecule has 0 spiro atoms. The van der Waals surface area contributed by atoms with Crippen LogP contribution in [0.1, 0.15) is 5.56 Å². The predicted molar refractivity (Wildman–Crippen MR) is 329 cm³/mol. The van der Waals surface area contributed by atoms with Gasteiger partial charge in [-0.25, -0.2) is 0 Å². The van der Waals surface area contributed by atoms with Gasteiger partial charge in [0.2, 0.25) is 0 Å². The lowest BCUT2D eigenvalue weighted by molar-refractivity contribution is 0.668. The van der Waals surface area contributed by atoms with Gasteiger partial charge in [-0.1, -0.05) is 218 Å². The minimum absolute atomic E-state index is 0.866. The summed E-state index contributed by atoms with van der Waals surface area (Å²) in [4.78, 5) is 4.79. The van der Waals surface area contributed by atoms with Crippen molar-refractivity contribution in [1.82, 2.24) is 0 Å². The molecule has 1 heterocycles. The molecule has 1 aromatic heterocycles. The van der Waals surface area contributed by atoms with E-state index < -0.39 is 0 Å². The fraction of sp³-hybridized carbons (Fsp3) is 0.0133. The van der Waals surface area contributed by atoms with Gasteiger partial charge in [-0.3, -0.25) is 0 Å². The molecular formula is C75H50N2O. The van der Waals surface area contributed by atoms with Crippen LogP contribution in [0.2, 0.25) is 0 Å². The summed E-state index contributed by atoms with van der Waals surface area (Å²) in [6.45, 7) is 2.20. The molecule has 1 aliphatic rings. The Morgan fingerprint density at radius 2 is 0.577 bits per heavy atom. The summed E-state index contributed by atoms with van der Waals surface area (Å²) < 4.78 is 6.90. The standard InChI is InChI=1S/C75H50N2O/c1-49-41-44-62-59-39-23-24-40-65(59)78-75(62)74(49)77(56-37-21-8-22-38-56)58-43-46-61-64(48-58)69(53-31-15-5-16-32-53)73-71(67(61)51-27-11-3-12-28-51)70-66(50-25-9-2-10-26-50)60-45-42-57(47-63(60)68(72(70)73)52-29-13-4-14-30-52)76(54-33-17-6-18-34-54)55-35-19-7-20-36-55/h2-48H,1H3. The van der Waals surface area contributed by atoms with E-state index in [-0.39, 0.29) is 0 Å². The molecule has 0 unspecified atom stereocenters. The maximum atomic E-state index is 6.90. The van der Waals surface area contributed by atoms with E-state index in [0.29, 0.717) is 0 Å². The third kappa shape index (κ3) is 7.20. The van der Waals surface area contributed by atoms with Crippen LogP contribution in [0.5, 0.6) is 0 Å². The maximum absolute atomic E-state index is 6.90. The molecule has 13 aromatic carbocycles. The molecule has 3 nitrogen and oxygen atoms in total. The van der Waals surface area contributed by atoms with Gasteiger partial charge in [-0.05, 0) is 168 Å². The summed E-state index contributed by atoms with van der Waals surface area (Å²) in [5.41, 5.74) is 23.9. The molecule has 0 amide bonds. The molecule has 0 radical (unpaired) electrons. The summed E-state index contributed by atoms with van der Waals surface area (Å²) in [6, 6.07) is 104. The number of para-hydroxylation sites is 4. The number of hydrogen-bond donors (Lipinski definition) is 0. The third-order valence-electron chi connectivity index (χ3n) is 15.8. The SMILES string of the molecule is Cc1ccc2c(oc3ccccc32)c1N(c1ccccc1)c1ccc2c(-c3ccccc3)c3c(c(-c4ccccc4)c2c1)-c1c-3c(-c2ccccc2)c2ccc(N(c3ccccc3)c3ccccc3)cc2c1-c1ccccc1. The highest BCUT2D eigenvalue weighted by molar-refractivity contribution is 6.33. The lowest BCUT2D eigenvalue weighted by Gasteiger charge is -2.38. The zero-order valence-corrected chi connectivity index (χ0v) is 42.9. The first-order chi connectivity index (χ1) is 38.7. The van der Waals surface area contributed by atoms with Crippen LogP contribution in [0.4, 0.5) is 34.1 Å². The van der Waals surface area contributed by atoms with Crippen LogP contribution >= 0.6 is 0 Å². The molecule has 0 atom stereocenters. The quantitative estimate of drug-likeness (QED) is 0.136. The number of rotatable bonds is 10. The number of nitrogens with zero attached hydrogens (tertiary/aromatic N) is 2. The van der Waals surface area contributed by atoms with Crippen LogP contribution in [0.25, 0.3) is 110 Å². The zero-order chi connectivity index (χ0) is 51.7. The summed E-state index contributed by atoms with van der Waals surface area (Å²) in [7, 11) is 0. The average Bonchev–Trinajstić information content (AvgIpc) is 3.25. The van der Waals surface area contributed by atoms with Gasteiger partial charge >= 0.3 is 0 Å². The van der Waals surface area contributed by atoms with E-state index in [1.807, 2.05) is 0 Å². The van der Waals surface area contributed by atoms with Crippen LogP contribution in [0, 0.1) is 6.92 Å². The van der Waals surface area contributed by atoms with Crippen LogP contribution in [-0.4, -0.2) is 0 Å². The second kappa shape index (κ2) is 18.6. The molecule has 0 saturated carbocycles. The predicted octanol–water partition coefficient (Wildman–Crippen LogP) is 21.5. The molecule has 3 heteroatoms. The Hall–Kier alpha value is -10.2. The summed E-state index contributed by atoms with van der Waals surface area (Å²) in [6.07, 6.45) is 0. The van der Waals surface area contributed by atoms with Crippen LogP contribution in [0.3, 0.4) is 0 Å². The largest absolute Gasteiger partial charge is 0.454 e. The van der Waals surface area contributed by atoms with Gasteiger partial charge in [0, 0.05) is 39.2 Å². The van der Waals surface area contributed by atoms with E-state index in [1.54, 1.807) is 0 Å². The summed E-state index contributed by atoms with van der Waals surface area (Å²) in [5, 5.41) is 6.96. The lowest BCUT2D eigenvalue weighted by atomic mass is 9.65. The number of furan rings is 1. The molecule has 15 rings (SSSR count). The van der Waals surface area contributed by atoms with Crippen LogP contribution in [0.15, 0.2) is 290 Å². The van der Waals surface area contributed by atoms with Gasteiger partial charge in [0.15, 0.2) is 5.58 Å². The molecule has 0 bridgehead atoms. The average molecular weight is 995 g/mol. The van der Waals surface area contributed by atoms with E-state index >= 15 is 0 Å². The van der Waals surface area contributed by atoms with Crippen LogP contribution < -0.4 is 9.80 Å². The van der Waals surface area contributed by atoms with Gasteiger partial charge in [-0.2, -0.15) is 0 Å². The molecule has 0 aliphatic heterocycles. The Kier molecular flexibility index (Phi) is 10.8. The molecule has 1 aliphatic carbocycles. The van der Waals surface area contributed by atoms with E-state index in [9.17, 15) is 0 Å². The summed E-state index contributed by atoms with van der Waals surface area (Å²) >= 11 is 0. The molecule has 0 N–H and O–H groups in total. The highest BCUT2D eigenvalue weighted by atomic mass is 16.3. The molecule has 0 saturated heterocycles. The second-order valence-electron chi connectivity index (χ2n) is 20.3. The Bertz CT molecular complexity index is 4540. The van der Waals surface area contributed by atoms with E-state index in [2.05, 4.69) is 302 Å². The smallest absolute Gasteiger partial charge is 0.159 e. The van der Waals surface area contributed by atoms with E-state index in [4.69, 9.17) is 4.42 Å². The number of aryl methyl sites for hydroxylation is 1. The first-order valence-electron chi connectivity index (χ1n) is 26.8. The van der Waals surface area contributed by atoms with Crippen molar-refractivity contribution < 1.29 is 4.42 Å². The van der Waals surface area contributed by atoms with Gasteiger partial charge in [0.25, 0.3) is 0 Å². The molecule has 0 fully saturated rings. The van der Waals surface area contributed by atoms with Crippen molar-refractivity contribution in [2.24, 2.45) is 0 Å². The van der Waals surface area contributed by atoms with Gasteiger partial charge < -0.3 is 14.2 Å². The van der Waals surface area contributed by atoms with Crippen molar-refractivity contribution in [3.05, 3.63) is 291 Å². The second-order valence-corrected chi connectivity index (χ2v) is 20.3. The Balaban J connectivity index is 1.10. The maximum Gasteiger partial charge on any atom is 0.159 e. The minimum Gasteiger partial charge on any atom is -0.454 e. The van der Waals surface area contributed by atoms with Crippen molar-refractivity contribution in [2.45, 2.75) is 6.92 Å². The van der Waals surface area contributed by atoms with Crippen molar-refractivity contribution >= 4 is 77.6 Å². The van der Waals surface area contributed by atoms with Gasteiger partial charge in [-0.15, -0.1) is 0 Å². The normalized spacial score (nSPS) is 11.7. The summed E-state index contributed by atoms with van der Waals surface area (Å²) in [5.74, 6) is 0. The monoisotopic (exact) mass is 994 g/mol. The van der Waals surface area contributed by atoms with Crippen molar-refractivity contribution in [3.63, 3.8) is 0 Å².